The summed E-state index contributed by atoms with van der Waals surface area (Å²) in [5.41, 5.74) is 2.68. The van der Waals surface area contributed by atoms with Crippen LogP contribution in [0.1, 0.15) is 21.7 Å². The molecule has 9 heteroatoms. The Labute approximate surface area is 155 Å². The first-order valence-corrected chi connectivity index (χ1v) is 8.35. The highest BCUT2D eigenvalue weighted by Gasteiger charge is 2.20. The van der Waals surface area contributed by atoms with Crippen LogP contribution in [-0.2, 0) is 0 Å². The van der Waals surface area contributed by atoms with Gasteiger partial charge in [-0.3, -0.25) is 19.3 Å². The molecule has 0 aliphatic heterocycles. The highest BCUT2D eigenvalue weighted by molar-refractivity contribution is 9.10. The van der Waals surface area contributed by atoms with E-state index in [-0.39, 0.29) is 10.7 Å². The summed E-state index contributed by atoms with van der Waals surface area (Å²) in [6.07, 6.45) is 1.76. The Morgan fingerprint density at radius 2 is 2.08 bits per heavy atom. The van der Waals surface area contributed by atoms with Crippen molar-refractivity contribution in [2.24, 2.45) is 0 Å². The SMILES string of the molecule is Cc1nc2c(C)cc(Br)cn2c1C(=O)Nc1ccc([N+](=O)[O-])cc1Cl. The molecule has 0 aliphatic rings. The molecule has 1 N–H and O–H groups in total. The van der Waals surface area contributed by atoms with Crippen LogP contribution in [0, 0.1) is 24.0 Å². The van der Waals surface area contributed by atoms with Gasteiger partial charge in [-0.1, -0.05) is 11.6 Å². The minimum absolute atomic E-state index is 0.0892. The highest BCUT2D eigenvalue weighted by Crippen LogP contribution is 2.28. The Kier molecular flexibility index (Phi) is 4.49. The lowest BCUT2D eigenvalue weighted by Gasteiger charge is -2.08. The fraction of sp³-hybridized carbons (Fsp3) is 0.125. The molecule has 0 atom stereocenters. The van der Waals surface area contributed by atoms with Crippen molar-refractivity contribution in [2.75, 3.05) is 5.32 Å². The van der Waals surface area contributed by atoms with Crippen LogP contribution in [-0.4, -0.2) is 20.2 Å². The van der Waals surface area contributed by atoms with Gasteiger partial charge >= 0.3 is 0 Å². The maximum absolute atomic E-state index is 12.7. The van der Waals surface area contributed by atoms with Crippen molar-refractivity contribution >= 4 is 50.5 Å². The van der Waals surface area contributed by atoms with E-state index in [9.17, 15) is 14.9 Å². The zero-order valence-electron chi connectivity index (χ0n) is 13.2. The Balaban J connectivity index is 2.01. The van der Waals surface area contributed by atoms with Crippen LogP contribution in [0.3, 0.4) is 0 Å². The van der Waals surface area contributed by atoms with Gasteiger partial charge < -0.3 is 5.32 Å². The fourth-order valence-electron chi connectivity index (χ4n) is 2.56. The molecule has 25 heavy (non-hydrogen) atoms. The van der Waals surface area contributed by atoms with Gasteiger partial charge in [0.1, 0.15) is 11.3 Å². The van der Waals surface area contributed by atoms with Gasteiger partial charge in [0.2, 0.25) is 0 Å². The molecule has 7 nitrogen and oxygen atoms in total. The number of halogens is 2. The van der Waals surface area contributed by atoms with Crippen LogP contribution in [0.5, 0.6) is 0 Å². The number of nitro groups is 1. The summed E-state index contributed by atoms with van der Waals surface area (Å²) in [5, 5.41) is 13.5. The van der Waals surface area contributed by atoms with Gasteiger partial charge in [0.25, 0.3) is 11.6 Å². The Hall–Kier alpha value is -2.45. The number of aromatic nitrogens is 2. The van der Waals surface area contributed by atoms with Crippen molar-refractivity contribution in [3.63, 3.8) is 0 Å². The molecule has 2 heterocycles. The normalized spacial score (nSPS) is 10.9. The molecule has 3 aromatic rings. The minimum Gasteiger partial charge on any atom is -0.319 e. The summed E-state index contributed by atoms with van der Waals surface area (Å²) < 4.78 is 2.51. The number of hydrogen-bond acceptors (Lipinski definition) is 4. The zero-order valence-corrected chi connectivity index (χ0v) is 15.6. The zero-order chi connectivity index (χ0) is 18.3. The average molecular weight is 424 g/mol. The number of anilines is 1. The van der Waals surface area contributed by atoms with E-state index in [1.54, 1.807) is 17.5 Å². The molecule has 0 saturated heterocycles. The van der Waals surface area contributed by atoms with Crippen molar-refractivity contribution in [3.8, 4) is 0 Å². The van der Waals surface area contributed by atoms with Crippen molar-refractivity contribution in [1.29, 1.82) is 0 Å². The molecule has 0 radical (unpaired) electrons. The first-order valence-electron chi connectivity index (χ1n) is 7.18. The number of non-ortho nitro benzene ring substituents is 1. The van der Waals surface area contributed by atoms with Crippen molar-refractivity contribution in [3.05, 3.63) is 67.0 Å². The second kappa shape index (κ2) is 6.45. The van der Waals surface area contributed by atoms with Crippen LogP contribution in [0.4, 0.5) is 11.4 Å². The maximum atomic E-state index is 12.7. The summed E-state index contributed by atoms with van der Waals surface area (Å²) in [5.74, 6) is -0.404. The molecule has 0 spiro atoms. The fourth-order valence-corrected chi connectivity index (χ4v) is 3.33. The number of benzene rings is 1. The first kappa shape index (κ1) is 17.4. The van der Waals surface area contributed by atoms with Gasteiger partial charge in [-0.05, 0) is 47.5 Å². The van der Waals surface area contributed by atoms with Gasteiger partial charge in [-0.15, -0.1) is 0 Å². The number of hydrogen-bond donors (Lipinski definition) is 1. The molecule has 3 rings (SSSR count). The Bertz CT molecular complexity index is 1030. The molecule has 0 fully saturated rings. The number of nitrogens with one attached hydrogen (secondary N) is 1. The quantitative estimate of drug-likeness (QED) is 0.495. The second-order valence-electron chi connectivity index (χ2n) is 5.46. The van der Waals surface area contributed by atoms with E-state index in [0.717, 1.165) is 10.0 Å². The average Bonchev–Trinajstić information content (AvgIpc) is 2.85. The topological polar surface area (TPSA) is 89.5 Å². The van der Waals surface area contributed by atoms with Crippen LogP contribution in [0.15, 0.2) is 34.9 Å². The van der Waals surface area contributed by atoms with Gasteiger partial charge in [-0.2, -0.15) is 0 Å². The number of nitro benzene ring substituents is 1. The van der Waals surface area contributed by atoms with E-state index in [1.165, 1.54) is 18.2 Å². The predicted octanol–water partition coefficient (Wildman–Crippen LogP) is 4.53. The summed E-state index contributed by atoms with van der Waals surface area (Å²) in [7, 11) is 0. The molecule has 0 aliphatic carbocycles. The molecule has 0 saturated carbocycles. The Morgan fingerprint density at radius 1 is 1.36 bits per heavy atom. The summed E-state index contributed by atoms with van der Waals surface area (Å²) in [6, 6.07) is 5.79. The number of nitrogens with zero attached hydrogens (tertiary/aromatic N) is 3. The van der Waals surface area contributed by atoms with Crippen molar-refractivity contribution in [2.45, 2.75) is 13.8 Å². The minimum atomic E-state index is -0.549. The smallest absolute Gasteiger partial charge is 0.274 e. The summed E-state index contributed by atoms with van der Waals surface area (Å²) in [6.45, 7) is 3.65. The van der Waals surface area contributed by atoms with Gasteiger partial charge in [-0.25, -0.2) is 4.98 Å². The van der Waals surface area contributed by atoms with E-state index in [2.05, 4.69) is 26.2 Å². The third-order valence-electron chi connectivity index (χ3n) is 3.67. The largest absolute Gasteiger partial charge is 0.319 e. The molecule has 0 bridgehead atoms. The van der Waals surface area contributed by atoms with Gasteiger partial charge in [0.05, 0.1) is 21.3 Å². The molecule has 1 aromatic carbocycles. The van der Waals surface area contributed by atoms with Crippen molar-refractivity contribution < 1.29 is 9.72 Å². The lowest BCUT2D eigenvalue weighted by molar-refractivity contribution is -0.384. The maximum Gasteiger partial charge on any atom is 0.274 e. The van der Waals surface area contributed by atoms with Crippen molar-refractivity contribution in [1.82, 2.24) is 9.38 Å². The molecule has 1 amide bonds. The Morgan fingerprint density at radius 3 is 2.72 bits per heavy atom. The summed E-state index contributed by atoms with van der Waals surface area (Å²) in [4.78, 5) is 27.4. The van der Waals surface area contributed by atoms with Crippen LogP contribution in [0.25, 0.3) is 5.65 Å². The number of pyridine rings is 1. The van der Waals surface area contributed by atoms with Crippen LogP contribution in [0.2, 0.25) is 5.02 Å². The highest BCUT2D eigenvalue weighted by atomic mass is 79.9. The first-order chi connectivity index (χ1) is 11.8. The molecule has 2 aromatic heterocycles. The number of imidazole rings is 1. The van der Waals surface area contributed by atoms with E-state index in [4.69, 9.17) is 11.6 Å². The number of carbonyl (C=O) groups is 1. The number of amides is 1. The second-order valence-corrected chi connectivity index (χ2v) is 6.78. The third-order valence-corrected chi connectivity index (χ3v) is 4.42. The molecular weight excluding hydrogens is 412 g/mol. The number of rotatable bonds is 3. The predicted molar refractivity (Wildman–Crippen MR) is 98.4 cm³/mol. The lowest BCUT2D eigenvalue weighted by Crippen LogP contribution is -2.16. The third kappa shape index (κ3) is 3.22. The van der Waals surface area contributed by atoms with E-state index in [0.29, 0.717) is 22.7 Å². The van der Waals surface area contributed by atoms with Crippen LogP contribution >= 0.6 is 27.5 Å². The molecule has 0 unspecified atom stereocenters. The van der Waals surface area contributed by atoms with E-state index < -0.39 is 10.8 Å². The number of carbonyl (C=O) groups excluding carboxylic acids is 1. The monoisotopic (exact) mass is 422 g/mol. The van der Waals surface area contributed by atoms with E-state index >= 15 is 0 Å². The molecule has 128 valence electrons. The number of aryl methyl sites for hydroxylation is 2. The van der Waals surface area contributed by atoms with Gasteiger partial charge in [0, 0.05) is 22.8 Å². The van der Waals surface area contributed by atoms with Gasteiger partial charge in [0.15, 0.2) is 0 Å². The molecular formula is C16H12BrClN4O3. The van der Waals surface area contributed by atoms with Crippen LogP contribution < -0.4 is 5.32 Å². The summed E-state index contributed by atoms with van der Waals surface area (Å²) >= 11 is 9.45. The standard InChI is InChI=1S/C16H12BrClN4O3/c1-8-5-10(17)7-21-14(9(2)19-15(8)21)16(23)20-13-4-3-11(22(24)25)6-12(13)18/h3-7H,1-2H3,(H,20,23). The number of fused-ring (bicyclic) bond motifs is 1. The van der Waals surface area contributed by atoms with E-state index in [1.807, 2.05) is 13.0 Å². The lowest BCUT2D eigenvalue weighted by atomic mass is 10.2.